The van der Waals surface area contributed by atoms with E-state index in [0.29, 0.717) is 11.3 Å². The zero-order chi connectivity index (χ0) is 11.5. The number of hydrogen-bond donors (Lipinski definition) is 4. The first kappa shape index (κ1) is 21.9. The van der Waals surface area contributed by atoms with E-state index in [1.165, 1.54) is 38.5 Å². The highest BCUT2D eigenvalue weighted by Gasteiger charge is 2.02. The number of unbranched alkanes of at least 4 members (excludes halogenated alkanes) is 5. The average Bonchev–Trinajstić information content (AvgIpc) is 2.21. The van der Waals surface area contributed by atoms with Gasteiger partial charge in [0.15, 0.2) is 0 Å². The molecule has 0 radical (unpaired) electrons. The molecule has 0 unspecified atom stereocenters. The second-order valence-electron chi connectivity index (χ2n) is 3.72. The monoisotopic (exact) mass is 266 g/mol. The molecule has 0 aromatic rings. The van der Waals surface area contributed by atoms with Crippen molar-refractivity contribution in [3.05, 3.63) is 10.9 Å². The van der Waals surface area contributed by atoms with Gasteiger partial charge in [0, 0.05) is 0 Å². The van der Waals surface area contributed by atoms with Crippen LogP contribution in [-0.4, -0.2) is 16.0 Å². The summed E-state index contributed by atoms with van der Waals surface area (Å²) >= 11 is 1.57. The summed E-state index contributed by atoms with van der Waals surface area (Å²) in [5.41, 5.74) is 0. The molecule has 0 heterocycles. The Morgan fingerprint density at radius 2 is 1.41 bits per heavy atom. The summed E-state index contributed by atoms with van der Waals surface area (Å²) in [6.07, 6.45) is 8.41. The Kier molecular flexibility index (Phi) is 20.1. The second-order valence-corrected chi connectivity index (χ2v) is 4.91. The van der Waals surface area contributed by atoms with Crippen LogP contribution < -0.4 is 12.3 Å². The fourth-order valence-electron chi connectivity index (χ4n) is 1.40. The average molecular weight is 266 g/mol. The van der Waals surface area contributed by atoms with Crippen LogP contribution in [0.1, 0.15) is 58.8 Å². The van der Waals surface area contributed by atoms with Crippen LogP contribution in [0.4, 0.5) is 0 Å². The summed E-state index contributed by atoms with van der Waals surface area (Å²) in [6.45, 7) is 4.16. The van der Waals surface area contributed by atoms with E-state index in [0.717, 1.165) is 5.75 Å². The summed E-state index contributed by atoms with van der Waals surface area (Å²) in [7, 11) is 0. The molecule has 0 aromatic heterocycles. The van der Waals surface area contributed by atoms with Crippen LogP contribution in [-0.2, 0) is 0 Å². The van der Waals surface area contributed by atoms with Crippen molar-refractivity contribution in [2.75, 3.05) is 5.75 Å². The molecule has 0 amide bonds. The third-order valence-corrected chi connectivity index (χ3v) is 3.66. The quantitative estimate of drug-likeness (QED) is 0.343. The zero-order valence-corrected chi connectivity index (χ0v) is 12.2. The summed E-state index contributed by atoms with van der Waals surface area (Å²) in [5, 5.41) is 17.8. The number of hydrogen-bond acceptors (Lipinski definition) is 5. The van der Waals surface area contributed by atoms with Gasteiger partial charge in [0.2, 0.25) is 0 Å². The van der Waals surface area contributed by atoms with E-state index in [-0.39, 0.29) is 12.3 Å². The van der Waals surface area contributed by atoms with Crippen molar-refractivity contribution in [3.63, 3.8) is 0 Å². The maximum Gasteiger partial charge on any atom is 0.284 e. The number of aliphatic hydroxyl groups excluding tert-OH is 1. The number of allylic oxidation sites excluding steroid dienone is 1. The van der Waals surface area contributed by atoms with Crippen LogP contribution in [0.5, 0.6) is 0 Å². The Morgan fingerprint density at radius 1 is 0.882 bits per heavy atom. The Hall–Kier alpha value is -0.390. The molecule has 106 valence electrons. The van der Waals surface area contributed by atoms with Gasteiger partial charge in [0.1, 0.15) is 0 Å². The molecule has 0 spiro atoms. The van der Waals surface area contributed by atoms with Crippen LogP contribution in [0, 0.1) is 0 Å². The van der Waals surface area contributed by atoms with Crippen molar-refractivity contribution in [2.45, 2.75) is 58.8 Å². The Morgan fingerprint density at radius 3 is 1.88 bits per heavy atom. The normalized spacial score (nSPS) is 9.06. The van der Waals surface area contributed by atoms with E-state index in [9.17, 15) is 0 Å². The highest BCUT2D eigenvalue weighted by Crippen LogP contribution is 2.22. The minimum atomic E-state index is -0.492. The summed E-state index contributed by atoms with van der Waals surface area (Å²) in [6, 6.07) is 0. The molecule has 0 saturated carbocycles. The van der Waals surface area contributed by atoms with Crippen molar-refractivity contribution in [1.29, 1.82) is 0 Å². The predicted molar refractivity (Wildman–Crippen MR) is 78.5 cm³/mol. The topological polar surface area (TPSA) is 110 Å². The molecule has 0 aliphatic carbocycles. The Bertz CT molecular complexity index is 183. The van der Waals surface area contributed by atoms with Crippen molar-refractivity contribution >= 4 is 11.8 Å². The van der Waals surface area contributed by atoms with E-state index >= 15 is 0 Å². The molecule has 4 nitrogen and oxygen atoms in total. The fraction of sp³-hybridized carbons (Fsp3) is 0.833. The van der Waals surface area contributed by atoms with E-state index in [2.05, 4.69) is 6.92 Å². The van der Waals surface area contributed by atoms with Gasteiger partial charge in [0.05, 0.1) is 4.91 Å². The summed E-state index contributed by atoms with van der Waals surface area (Å²) in [4.78, 5) is 0.712. The summed E-state index contributed by atoms with van der Waals surface area (Å²) < 4.78 is 0. The molecule has 8 N–H and O–H groups in total. The highest BCUT2D eigenvalue weighted by molar-refractivity contribution is 8.03. The number of aliphatic hydroxyl groups is 2. The lowest BCUT2D eigenvalue weighted by Gasteiger charge is -2.04. The Labute approximate surface area is 110 Å². The van der Waals surface area contributed by atoms with E-state index in [1.54, 1.807) is 11.8 Å². The van der Waals surface area contributed by atoms with Crippen molar-refractivity contribution in [2.24, 2.45) is 0 Å². The molecular formula is C12H30N2O2S. The molecule has 0 aliphatic rings. The van der Waals surface area contributed by atoms with Gasteiger partial charge in [-0.2, -0.15) is 0 Å². The molecule has 0 bridgehead atoms. The number of rotatable bonds is 9. The Balaban J connectivity index is -0.000000980. The SMILES string of the molecule is CCCCCCCCSC(CC)=C(O)O.N.N. The van der Waals surface area contributed by atoms with Gasteiger partial charge in [-0.15, -0.1) is 11.8 Å². The molecule has 0 atom stereocenters. The van der Waals surface area contributed by atoms with E-state index in [4.69, 9.17) is 10.2 Å². The smallest absolute Gasteiger partial charge is 0.284 e. The van der Waals surface area contributed by atoms with Crippen molar-refractivity contribution in [1.82, 2.24) is 12.3 Å². The van der Waals surface area contributed by atoms with E-state index < -0.39 is 5.95 Å². The van der Waals surface area contributed by atoms with E-state index in [1.807, 2.05) is 6.92 Å². The standard InChI is InChI=1S/C12H24O2S.2H3N/c1-3-5-6-7-8-9-10-15-11(4-2)12(13)14;;/h13-14H,3-10H2,1-2H3;2*1H3. The molecule has 5 heteroatoms. The minimum Gasteiger partial charge on any atom is -0.481 e. The van der Waals surface area contributed by atoms with Crippen molar-refractivity contribution < 1.29 is 10.2 Å². The third-order valence-electron chi connectivity index (χ3n) is 2.34. The third kappa shape index (κ3) is 13.5. The fourth-order valence-corrected chi connectivity index (χ4v) is 2.33. The highest BCUT2D eigenvalue weighted by atomic mass is 32.2. The molecule has 0 rings (SSSR count). The van der Waals surface area contributed by atoms with Crippen LogP contribution in [0.2, 0.25) is 0 Å². The minimum absolute atomic E-state index is 0. The van der Waals surface area contributed by atoms with Crippen LogP contribution in [0.3, 0.4) is 0 Å². The van der Waals surface area contributed by atoms with Gasteiger partial charge < -0.3 is 22.5 Å². The lowest BCUT2D eigenvalue weighted by atomic mass is 10.1. The lowest BCUT2D eigenvalue weighted by molar-refractivity contribution is 0.187. The molecule has 17 heavy (non-hydrogen) atoms. The maximum atomic E-state index is 8.90. The summed E-state index contributed by atoms with van der Waals surface area (Å²) in [5.74, 6) is 0.508. The van der Waals surface area contributed by atoms with Gasteiger partial charge >= 0.3 is 0 Å². The van der Waals surface area contributed by atoms with Gasteiger partial charge in [-0.1, -0.05) is 46.0 Å². The molecule has 0 fully saturated rings. The molecule has 0 aromatic carbocycles. The molecule has 0 saturated heterocycles. The van der Waals surface area contributed by atoms with Crippen LogP contribution in [0.25, 0.3) is 0 Å². The second kappa shape index (κ2) is 15.6. The molecular weight excluding hydrogens is 236 g/mol. The maximum absolute atomic E-state index is 8.90. The predicted octanol–water partition coefficient (Wildman–Crippen LogP) is 5.10. The number of thioether (sulfide) groups is 1. The van der Waals surface area contributed by atoms with Gasteiger partial charge in [-0.05, 0) is 18.6 Å². The van der Waals surface area contributed by atoms with Gasteiger partial charge in [-0.3, -0.25) is 0 Å². The largest absolute Gasteiger partial charge is 0.481 e. The first-order chi connectivity index (χ1) is 7.22. The first-order valence-corrected chi connectivity index (χ1v) is 6.94. The van der Waals surface area contributed by atoms with Crippen LogP contribution in [0.15, 0.2) is 10.9 Å². The van der Waals surface area contributed by atoms with Gasteiger partial charge in [0.25, 0.3) is 5.95 Å². The zero-order valence-electron chi connectivity index (χ0n) is 11.4. The van der Waals surface area contributed by atoms with Crippen molar-refractivity contribution in [3.8, 4) is 0 Å². The first-order valence-electron chi connectivity index (χ1n) is 5.96. The lowest BCUT2D eigenvalue weighted by Crippen LogP contribution is -1.88. The van der Waals surface area contributed by atoms with Crippen LogP contribution >= 0.6 is 11.8 Å². The molecule has 0 aliphatic heterocycles. The van der Waals surface area contributed by atoms with Gasteiger partial charge in [-0.25, -0.2) is 0 Å².